The summed E-state index contributed by atoms with van der Waals surface area (Å²) in [6, 6.07) is 0. The Morgan fingerprint density at radius 3 is 2.41 bits per heavy atom. The van der Waals surface area contributed by atoms with E-state index in [-0.39, 0.29) is 18.5 Å². The van der Waals surface area contributed by atoms with Crippen LogP contribution in [0.4, 0.5) is 0 Å². The maximum Gasteiger partial charge on any atom is 0.216 e. The molecule has 9 heteroatoms. The van der Waals surface area contributed by atoms with Crippen LogP contribution in [0.1, 0.15) is 46.5 Å². The van der Waals surface area contributed by atoms with Gasteiger partial charge in [-0.25, -0.2) is 8.42 Å². The van der Waals surface area contributed by atoms with Gasteiger partial charge in [0.15, 0.2) is 5.96 Å². The first-order valence-corrected chi connectivity index (χ1v) is 11.7. The lowest BCUT2D eigenvalue weighted by Crippen LogP contribution is -2.54. The topological polar surface area (TPSA) is 94.5 Å². The van der Waals surface area contributed by atoms with Crippen molar-refractivity contribution in [3.05, 3.63) is 0 Å². The van der Waals surface area contributed by atoms with E-state index in [4.69, 9.17) is 4.74 Å². The minimum Gasteiger partial charge on any atom is -0.388 e. The average Bonchev–Trinajstić information content (AvgIpc) is 3.05. The smallest absolute Gasteiger partial charge is 0.216 e. The Morgan fingerprint density at radius 1 is 1.22 bits per heavy atom. The van der Waals surface area contributed by atoms with Crippen LogP contribution in [0, 0.1) is 0 Å². The van der Waals surface area contributed by atoms with Crippen LogP contribution < -0.4 is 5.32 Å². The molecule has 0 amide bonds. The molecule has 0 aromatic carbocycles. The van der Waals surface area contributed by atoms with E-state index < -0.39 is 15.6 Å². The van der Waals surface area contributed by atoms with Crippen LogP contribution in [-0.4, -0.2) is 92.0 Å². The summed E-state index contributed by atoms with van der Waals surface area (Å²) in [5.74, 6) is 0.782. The number of hydrogen-bond donors (Lipinski definition) is 2. The molecular formula is C18H36N4O4S. The molecule has 2 fully saturated rings. The highest BCUT2D eigenvalue weighted by molar-refractivity contribution is 7.89. The maximum atomic E-state index is 12.5. The maximum absolute atomic E-state index is 12.5. The molecule has 0 atom stereocenters. The van der Waals surface area contributed by atoms with E-state index in [1.807, 2.05) is 20.8 Å². The number of aliphatic hydroxyl groups is 1. The van der Waals surface area contributed by atoms with E-state index in [0.717, 1.165) is 38.2 Å². The second-order valence-corrected chi connectivity index (χ2v) is 9.81. The van der Waals surface area contributed by atoms with Crippen LogP contribution in [0.15, 0.2) is 4.99 Å². The van der Waals surface area contributed by atoms with Crippen molar-refractivity contribution in [1.29, 1.82) is 0 Å². The van der Waals surface area contributed by atoms with Gasteiger partial charge in [-0.15, -0.1) is 0 Å². The summed E-state index contributed by atoms with van der Waals surface area (Å²) in [7, 11) is -3.29. The number of sulfonamides is 1. The highest BCUT2D eigenvalue weighted by Crippen LogP contribution is 2.29. The molecule has 2 N–H and O–H groups in total. The third-order valence-corrected chi connectivity index (χ3v) is 6.95. The van der Waals surface area contributed by atoms with Gasteiger partial charge < -0.3 is 20.1 Å². The molecule has 1 heterocycles. The Labute approximate surface area is 164 Å². The van der Waals surface area contributed by atoms with Crippen molar-refractivity contribution in [2.75, 3.05) is 51.6 Å². The summed E-state index contributed by atoms with van der Waals surface area (Å²) >= 11 is 0. The highest BCUT2D eigenvalue weighted by atomic mass is 32.2. The average molecular weight is 405 g/mol. The van der Waals surface area contributed by atoms with E-state index in [1.54, 1.807) is 4.31 Å². The lowest BCUT2D eigenvalue weighted by molar-refractivity contribution is 0.0571. The van der Waals surface area contributed by atoms with Crippen molar-refractivity contribution < 1.29 is 18.3 Å². The zero-order valence-electron chi connectivity index (χ0n) is 17.0. The van der Waals surface area contributed by atoms with Crippen molar-refractivity contribution in [2.45, 2.75) is 58.2 Å². The SMILES string of the molecule is CCNC(=NCC1(O)CCCC1)N1CCN(S(=O)(=O)CCOC(C)C)CC1. The van der Waals surface area contributed by atoms with Gasteiger partial charge in [-0.05, 0) is 33.6 Å². The minimum atomic E-state index is -3.29. The molecule has 8 nitrogen and oxygen atoms in total. The Hall–Kier alpha value is -0.900. The third-order valence-electron chi connectivity index (χ3n) is 5.12. The predicted octanol–water partition coefficient (Wildman–Crippen LogP) is 0.629. The van der Waals surface area contributed by atoms with Crippen molar-refractivity contribution in [1.82, 2.24) is 14.5 Å². The Morgan fingerprint density at radius 2 is 1.85 bits per heavy atom. The fraction of sp³-hybridized carbons (Fsp3) is 0.944. The fourth-order valence-corrected chi connectivity index (χ4v) is 4.82. The molecule has 2 rings (SSSR count). The van der Waals surface area contributed by atoms with Gasteiger partial charge in [0.2, 0.25) is 10.0 Å². The number of ether oxygens (including phenoxy) is 1. The highest BCUT2D eigenvalue weighted by Gasteiger charge is 2.32. The molecule has 0 aromatic rings. The molecule has 1 saturated heterocycles. The Balaban J connectivity index is 1.89. The third kappa shape index (κ3) is 6.89. The molecule has 27 heavy (non-hydrogen) atoms. The molecule has 0 aromatic heterocycles. The number of nitrogens with one attached hydrogen (secondary N) is 1. The van der Waals surface area contributed by atoms with E-state index in [9.17, 15) is 13.5 Å². The second-order valence-electron chi connectivity index (χ2n) is 7.72. The Kier molecular flexibility index (Phi) is 8.33. The van der Waals surface area contributed by atoms with Crippen LogP contribution in [0.5, 0.6) is 0 Å². The van der Waals surface area contributed by atoms with Gasteiger partial charge in [-0.3, -0.25) is 4.99 Å². The number of guanidine groups is 1. The van der Waals surface area contributed by atoms with Crippen LogP contribution in [0.3, 0.4) is 0 Å². The number of piperazine rings is 1. The van der Waals surface area contributed by atoms with E-state index >= 15 is 0 Å². The van der Waals surface area contributed by atoms with Gasteiger partial charge >= 0.3 is 0 Å². The second kappa shape index (κ2) is 10.0. The zero-order chi connectivity index (χ0) is 19.9. The summed E-state index contributed by atoms with van der Waals surface area (Å²) in [6.07, 6.45) is 3.76. The number of nitrogens with zero attached hydrogens (tertiary/aromatic N) is 3. The number of rotatable bonds is 8. The molecule has 0 unspecified atom stereocenters. The van der Waals surface area contributed by atoms with Gasteiger partial charge in [0, 0.05) is 32.7 Å². The van der Waals surface area contributed by atoms with Gasteiger partial charge in [0.05, 0.1) is 30.6 Å². The largest absolute Gasteiger partial charge is 0.388 e. The first-order valence-electron chi connectivity index (χ1n) is 10.1. The summed E-state index contributed by atoms with van der Waals surface area (Å²) in [6.45, 7) is 9.24. The van der Waals surface area contributed by atoms with E-state index in [2.05, 4.69) is 15.2 Å². The lowest BCUT2D eigenvalue weighted by Gasteiger charge is -2.36. The zero-order valence-corrected chi connectivity index (χ0v) is 17.8. The minimum absolute atomic E-state index is 0.0202. The van der Waals surface area contributed by atoms with Gasteiger partial charge in [-0.2, -0.15) is 4.31 Å². The summed E-state index contributed by atoms with van der Waals surface area (Å²) in [4.78, 5) is 6.72. The van der Waals surface area contributed by atoms with Crippen molar-refractivity contribution in [3.63, 3.8) is 0 Å². The molecule has 0 spiro atoms. The first-order chi connectivity index (χ1) is 12.8. The lowest BCUT2D eigenvalue weighted by atomic mass is 10.0. The fourth-order valence-electron chi connectivity index (χ4n) is 3.54. The van der Waals surface area contributed by atoms with Gasteiger partial charge in [-0.1, -0.05) is 12.8 Å². The van der Waals surface area contributed by atoms with Crippen LogP contribution in [0.25, 0.3) is 0 Å². The van der Waals surface area contributed by atoms with Crippen LogP contribution in [0.2, 0.25) is 0 Å². The number of aliphatic imine (C=N–C) groups is 1. The quantitative estimate of drug-likeness (QED) is 0.455. The Bertz CT molecular complexity index is 580. The normalized spacial score (nSPS) is 21.8. The molecule has 0 radical (unpaired) electrons. The van der Waals surface area contributed by atoms with Crippen LogP contribution >= 0.6 is 0 Å². The summed E-state index contributed by atoms with van der Waals surface area (Å²) < 4.78 is 31.8. The molecule has 1 saturated carbocycles. The molecule has 1 aliphatic carbocycles. The van der Waals surface area contributed by atoms with E-state index in [0.29, 0.717) is 32.7 Å². The summed E-state index contributed by atoms with van der Waals surface area (Å²) in [5.41, 5.74) is -0.678. The van der Waals surface area contributed by atoms with Crippen molar-refractivity contribution in [3.8, 4) is 0 Å². The standard InChI is InChI=1S/C18H36N4O4S/c1-4-19-17(20-15-18(23)7-5-6-8-18)21-9-11-22(12-10-21)27(24,25)14-13-26-16(2)3/h16,23H,4-15H2,1-3H3,(H,19,20). The predicted molar refractivity (Wildman–Crippen MR) is 107 cm³/mol. The van der Waals surface area contributed by atoms with E-state index in [1.165, 1.54) is 0 Å². The first kappa shape index (κ1) is 22.4. The monoisotopic (exact) mass is 404 g/mol. The number of hydrogen-bond acceptors (Lipinski definition) is 5. The molecule has 1 aliphatic heterocycles. The van der Waals surface area contributed by atoms with Gasteiger partial charge in [0.1, 0.15) is 0 Å². The molecule has 158 valence electrons. The molecular weight excluding hydrogens is 368 g/mol. The van der Waals surface area contributed by atoms with Crippen LogP contribution in [-0.2, 0) is 14.8 Å². The van der Waals surface area contributed by atoms with Crippen molar-refractivity contribution in [2.24, 2.45) is 4.99 Å². The van der Waals surface area contributed by atoms with Crippen molar-refractivity contribution >= 4 is 16.0 Å². The molecule has 2 aliphatic rings. The molecule has 0 bridgehead atoms. The van der Waals surface area contributed by atoms with Gasteiger partial charge in [0.25, 0.3) is 0 Å². The summed E-state index contributed by atoms with van der Waals surface area (Å²) in [5, 5.41) is 13.8.